The zero-order valence-corrected chi connectivity index (χ0v) is 21.1. The van der Waals surface area contributed by atoms with E-state index >= 15 is 0 Å². The molecule has 3 aromatic rings. The molecule has 1 N–H and O–H groups in total. The molecule has 1 amide bonds. The maximum Gasteiger partial charge on any atom is 0.263 e. The molecule has 34 heavy (non-hydrogen) atoms. The number of aryl methyl sites for hydroxylation is 2. The van der Waals surface area contributed by atoms with Crippen LogP contribution >= 0.6 is 11.9 Å². The van der Waals surface area contributed by atoms with Gasteiger partial charge in [-0.25, -0.2) is 4.98 Å². The Morgan fingerprint density at radius 2 is 1.91 bits per heavy atom. The van der Waals surface area contributed by atoms with Gasteiger partial charge in [-0.05, 0) is 37.5 Å². The molecule has 1 fully saturated rings. The summed E-state index contributed by atoms with van der Waals surface area (Å²) >= 11 is 1.86. The van der Waals surface area contributed by atoms with Gasteiger partial charge in [-0.3, -0.25) is 13.9 Å². The molecule has 0 atom stereocenters. The Balaban J connectivity index is 1.53. The van der Waals surface area contributed by atoms with Crippen LogP contribution in [0.25, 0.3) is 10.9 Å². The number of carbonyl (C=O) groups excluding carboxylic acids is 1. The highest BCUT2D eigenvalue weighted by Crippen LogP contribution is 2.50. The Labute approximate surface area is 204 Å². The van der Waals surface area contributed by atoms with E-state index in [1.807, 2.05) is 43.1 Å². The minimum atomic E-state index is -0.394. The molecule has 1 aromatic carbocycles. The van der Waals surface area contributed by atoms with Crippen LogP contribution < -0.4 is 15.6 Å². The lowest BCUT2D eigenvalue weighted by Gasteiger charge is -2.24. The summed E-state index contributed by atoms with van der Waals surface area (Å²) in [6.45, 7) is 9.19. The number of amides is 1. The van der Waals surface area contributed by atoms with Gasteiger partial charge in [0.05, 0.1) is 4.75 Å². The Bertz CT molecular complexity index is 1230. The van der Waals surface area contributed by atoms with Gasteiger partial charge in [-0.2, -0.15) is 0 Å². The van der Waals surface area contributed by atoms with Crippen molar-refractivity contribution in [2.45, 2.75) is 44.9 Å². The molecule has 1 aliphatic carbocycles. The Kier molecular flexibility index (Phi) is 7.28. The second kappa shape index (κ2) is 10.2. The summed E-state index contributed by atoms with van der Waals surface area (Å²) in [5, 5.41) is 3.60. The van der Waals surface area contributed by atoms with Gasteiger partial charge in [0, 0.05) is 38.3 Å². The van der Waals surface area contributed by atoms with E-state index in [0.29, 0.717) is 24.5 Å². The number of hydrogen-bond acceptors (Lipinski definition) is 6. The number of benzene rings is 1. The van der Waals surface area contributed by atoms with E-state index in [2.05, 4.69) is 28.5 Å². The fourth-order valence-corrected chi connectivity index (χ4v) is 5.08. The maximum atomic E-state index is 13.1. The van der Waals surface area contributed by atoms with Gasteiger partial charge in [-0.15, -0.1) is 0 Å². The molecule has 0 radical (unpaired) electrons. The van der Waals surface area contributed by atoms with Crippen LogP contribution in [0.4, 0.5) is 0 Å². The molecule has 0 bridgehead atoms. The van der Waals surface area contributed by atoms with E-state index in [1.54, 1.807) is 25.4 Å². The van der Waals surface area contributed by atoms with Crippen LogP contribution in [-0.4, -0.2) is 44.2 Å². The quantitative estimate of drug-likeness (QED) is 0.441. The van der Waals surface area contributed by atoms with Gasteiger partial charge in [0.25, 0.3) is 11.5 Å². The van der Waals surface area contributed by atoms with E-state index in [4.69, 9.17) is 4.74 Å². The van der Waals surface area contributed by atoms with Crippen LogP contribution in [0, 0.1) is 6.92 Å². The lowest BCUT2D eigenvalue weighted by molar-refractivity contribution is 0.0949. The minimum Gasteiger partial charge on any atom is -0.475 e. The van der Waals surface area contributed by atoms with Crippen molar-refractivity contribution in [3.63, 3.8) is 0 Å². The van der Waals surface area contributed by atoms with E-state index in [1.165, 1.54) is 4.57 Å². The molecule has 1 saturated carbocycles. The topological polar surface area (TPSA) is 76.5 Å². The zero-order valence-electron chi connectivity index (χ0n) is 20.3. The number of aromatic nitrogens is 2. The van der Waals surface area contributed by atoms with Crippen LogP contribution in [0.3, 0.4) is 0 Å². The van der Waals surface area contributed by atoms with Gasteiger partial charge >= 0.3 is 0 Å². The predicted octanol–water partition coefficient (Wildman–Crippen LogP) is 4.07. The fourth-order valence-electron chi connectivity index (χ4n) is 3.88. The molecular formula is C26H32N4O3S. The Hall–Kier alpha value is -2.84. The average molecular weight is 481 g/mol. The van der Waals surface area contributed by atoms with E-state index in [-0.39, 0.29) is 15.9 Å². The van der Waals surface area contributed by atoms with Gasteiger partial charge in [0.1, 0.15) is 17.7 Å². The molecule has 0 spiro atoms. The van der Waals surface area contributed by atoms with Gasteiger partial charge in [0.2, 0.25) is 5.88 Å². The van der Waals surface area contributed by atoms with Crippen LogP contribution in [0.15, 0.2) is 47.4 Å². The third-order valence-corrected chi connectivity index (χ3v) is 7.91. The first-order valence-corrected chi connectivity index (χ1v) is 12.5. The lowest BCUT2D eigenvalue weighted by atomic mass is 10.1. The summed E-state index contributed by atoms with van der Waals surface area (Å²) in [5.74, 6) is 0.0325. The number of nitrogens with one attached hydrogen (secondary N) is 1. The van der Waals surface area contributed by atoms with Crippen LogP contribution in [-0.2, 0) is 13.6 Å². The maximum absolute atomic E-state index is 13.1. The third-order valence-electron chi connectivity index (χ3n) is 6.22. The van der Waals surface area contributed by atoms with Gasteiger partial charge < -0.3 is 14.6 Å². The molecule has 0 unspecified atom stereocenters. The van der Waals surface area contributed by atoms with Crippen LogP contribution in [0.2, 0.25) is 0 Å². The summed E-state index contributed by atoms with van der Waals surface area (Å²) in [5.41, 5.74) is 2.48. The predicted molar refractivity (Wildman–Crippen MR) is 137 cm³/mol. The van der Waals surface area contributed by atoms with Crippen molar-refractivity contribution in [2.24, 2.45) is 7.05 Å². The van der Waals surface area contributed by atoms with Crippen LogP contribution in [0.5, 0.6) is 5.88 Å². The highest BCUT2D eigenvalue weighted by Gasteiger charge is 2.46. The number of hydrogen-bond donors (Lipinski definition) is 1. The van der Waals surface area contributed by atoms with Crippen LogP contribution in [0.1, 0.15) is 48.2 Å². The first kappa shape index (κ1) is 24.3. The number of nitrogens with zero attached hydrogens (tertiary/aromatic N) is 3. The Morgan fingerprint density at radius 3 is 2.56 bits per heavy atom. The molecular weight excluding hydrogens is 448 g/mol. The number of carbonyl (C=O) groups is 1. The monoisotopic (exact) mass is 480 g/mol. The van der Waals surface area contributed by atoms with Crippen molar-refractivity contribution in [1.82, 2.24) is 19.2 Å². The molecule has 0 saturated heterocycles. The molecule has 2 aromatic heterocycles. The lowest BCUT2D eigenvalue weighted by Crippen LogP contribution is -2.32. The van der Waals surface area contributed by atoms with Crippen molar-refractivity contribution < 1.29 is 9.53 Å². The van der Waals surface area contributed by atoms with Crippen molar-refractivity contribution in [2.75, 3.05) is 19.7 Å². The van der Waals surface area contributed by atoms with E-state index in [0.717, 1.165) is 42.4 Å². The SMILES string of the molecule is CCN(CC)SC1(COc2nccc3cc(C(=O)NCc4ccc(C)cc4)c(=O)n(C)c23)CC1. The summed E-state index contributed by atoms with van der Waals surface area (Å²) in [6.07, 6.45) is 3.86. The summed E-state index contributed by atoms with van der Waals surface area (Å²) in [6, 6.07) is 11.4. The van der Waals surface area contributed by atoms with Gasteiger partial charge in [-0.1, -0.05) is 55.6 Å². The molecule has 4 rings (SSSR count). The average Bonchev–Trinajstić information content (AvgIpc) is 3.62. The summed E-state index contributed by atoms with van der Waals surface area (Å²) in [7, 11) is 1.66. The van der Waals surface area contributed by atoms with Crippen molar-refractivity contribution >= 4 is 28.8 Å². The number of pyridine rings is 2. The minimum absolute atomic E-state index is 0.0739. The third kappa shape index (κ3) is 5.28. The smallest absolute Gasteiger partial charge is 0.263 e. The van der Waals surface area contributed by atoms with Crippen molar-refractivity contribution in [3.05, 3.63) is 69.6 Å². The number of ether oxygens (including phenoxy) is 1. The van der Waals surface area contributed by atoms with E-state index in [9.17, 15) is 9.59 Å². The molecule has 1 aliphatic rings. The first-order valence-electron chi connectivity index (χ1n) is 11.7. The van der Waals surface area contributed by atoms with Gasteiger partial charge in [0.15, 0.2) is 0 Å². The second-order valence-electron chi connectivity index (χ2n) is 8.82. The zero-order chi connectivity index (χ0) is 24.3. The second-order valence-corrected chi connectivity index (χ2v) is 10.4. The molecule has 180 valence electrons. The molecule has 8 heteroatoms. The normalized spacial score (nSPS) is 14.4. The molecule has 7 nitrogen and oxygen atoms in total. The van der Waals surface area contributed by atoms with Crippen molar-refractivity contribution in [1.29, 1.82) is 0 Å². The first-order chi connectivity index (χ1) is 16.4. The van der Waals surface area contributed by atoms with E-state index < -0.39 is 5.91 Å². The fraction of sp³-hybridized carbons (Fsp3) is 0.423. The molecule has 0 aliphatic heterocycles. The number of rotatable bonds is 10. The highest BCUT2D eigenvalue weighted by atomic mass is 32.2. The highest BCUT2D eigenvalue weighted by molar-refractivity contribution is 7.98. The largest absolute Gasteiger partial charge is 0.475 e. The Morgan fingerprint density at radius 1 is 1.21 bits per heavy atom. The summed E-state index contributed by atoms with van der Waals surface area (Å²) in [4.78, 5) is 30.3. The summed E-state index contributed by atoms with van der Waals surface area (Å²) < 4.78 is 10.0. The standard InChI is InChI=1S/C26H32N4O3S/c1-5-30(6-2)34-26(12-13-26)17-33-24-22-20(11-14-27-24)15-21(25(32)29(22)4)23(31)28-16-19-9-7-18(3)8-10-19/h7-11,14-15H,5-6,12-13,16-17H2,1-4H3,(H,28,31). The number of fused-ring (bicyclic) bond motifs is 1. The molecule has 2 heterocycles. The van der Waals surface area contributed by atoms with Crippen molar-refractivity contribution in [3.8, 4) is 5.88 Å².